The molecule has 1 aliphatic carbocycles. The van der Waals surface area contributed by atoms with Crippen molar-refractivity contribution < 1.29 is 0 Å². The van der Waals surface area contributed by atoms with Gasteiger partial charge in [-0.3, -0.25) is 0 Å². The van der Waals surface area contributed by atoms with E-state index in [1.54, 1.807) is 6.33 Å². The third kappa shape index (κ3) is 1.52. The highest BCUT2D eigenvalue weighted by molar-refractivity contribution is 6.33. The van der Waals surface area contributed by atoms with Crippen LogP contribution >= 0.6 is 11.6 Å². The third-order valence-corrected chi connectivity index (χ3v) is 3.45. The number of halogens is 1. The predicted octanol–water partition coefficient (Wildman–Crippen LogP) is 3.24. The Morgan fingerprint density at radius 1 is 1.38 bits per heavy atom. The molecule has 1 aromatic heterocycles. The summed E-state index contributed by atoms with van der Waals surface area (Å²) >= 11 is 6.30. The van der Waals surface area contributed by atoms with E-state index >= 15 is 0 Å². The molecule has 0 atom stereocenters. The third-order valence-electron chi connectivity index (χ3n) is 2.95. The maximum absolute atomic E-state index is 6.30. The fourth-order valence-electron chi connectivity index (χ4n) is 1.88. The van der Waals surface area contributed by atoms with E-state index in [9.17, 15) is 0 Å². The van der Waals surface area contributed by atoms with E-state index in [1.807, 2.05) is 25.1 Å². The highest BCUT2D eigenvalue weighted by Gasteiger charge is 2.27. The van der Waals surface area contributed by atoms with Gasteiger partial charge in [0.05, 0.1) is 5.02 Å². The average molecular weight is 234 g/mol. The molecule has 1 heterocycles. The van der Waals surface area contributed by atoms with Gasteiger partial charge < -0.3 is 4.57 Å². The summed E-state index contributed by atoms with van der Waals surface area (Å²) in [5, 5.41) is 8.94. The summed E-state index contributed by atoms with van der Waals surface area (Å²) in [4.78, 5) is 0. The number of rotatable bonds is 2. The van der Waals surface area contributed by atoms with Gasteiger partial charge in [-0.25, -0.2) is 0 Å². The first-order valence-electron chi connectivity index (χ1n) is 5.42. The van der Waals surface area contributed by atoms with Crippen molar-refractivity contribution in [3.8, 4) is 11.4 Å². The van der Waals surface area contributed by atoms with E-state index in [2.05, 4.69) is 14.8 Å². The molecule has 82 valence electrons. The minimum atomic E-state index is 0.571. The standard InChI is InChI=1S/C12H12ClN3/c1-8-3-2-4-10(11(8)13)12-15-14-7-16(12)9-5-6-9/h2-4,7,9H,5-6H2,1H3. The molecular weight excluding hydrogens is 222 g/mol. The Bertz CT molecular complexity index is 529. The summed E-state index contributed by atoms with van der Waals surface area (Å²) in [6.45, 7) is 2.00. The van der Waals surface area contributed by atoms with Crippen LogP contribution in [0.3, 0.4) is 0 Å². The second-order valence-corrected chi connectivity index (χ2v) is 4.61. The number of hydrogen-bond donors (Lipinski definition) is 0. The molecule has 4 heteroatoms. The van der Waals surface area contributed by atoms with Crippen molar-refractivity contribution in [1.82, 2.24) is 14.8 Å². The molecular formula is C12H12ClN3. The molecule has 0 saturated heterocycles. The molecule has 1 fully saturated rings. The van der Waals surface area contributed by atoms with E-state index in [0.717, 1.165) is 22.0 Å². The second-order valence-electron chi connectivity index (χ2n) is 4.23. The van der Waals surface area contributed by atoms with Crippen molar-refractivity contribution in [2.45, 2.75) is 25.8 Å². The van der Waals surface area contributed by atoms with Crippen LogP contribution in [0.15, 0.2) is 24.5 Å². The van der Waals surface area contributed by atoms with Crippen LogP contribution in [0.5, 0.6) is 0 Å². The number of nitrogens with zero attached hydrogens (tertiary/aromatic N) is 3. The van der Waals surface area contributed by atoms with Crippen LogP contribution in [-0.4, -0.2) is 14.8 Å². The largest absolute Gasteiger partial charge is 0.310 e. The molecule has 0 aliphatic heterocycles. The highest BCUT2D eigenvalue weighted by atomic mass is 35.5. The molecule has 0 spiro atoms. The van der Waals surface area contributed by atoms with Crippen LogP contribution in [0.25, 0.3) is 11.4 Å². The maximum atomic E-state index is 6.30. The SMILES string of the molecule is Cc1cccc(-c2nncn2C2CC2)c1Cl. The Balaban J connectivity index is 2.14. The molecule has 16 heavy (non-hydrogen) atoms. The van der Waals surface area contributed by atoms with Crippen LogP contribution < -0.4 is 0 Å². The van der Waals surface area contributed by atoms with Crippen molar-refractivity contribution in [3.05, 3.63) is 35.1 Å². The lowest BCUT2D eigenvalue weighted by atomic mass is 10.1. The van der Waals surface area contributed by atoms with Gasteiger partial charge in [0.15, 0.2) is 5.82 Å². The molecule has 3 rings (SSSR count). The van der Waals surface area contributed by atoms with Gasteiger partial charge in [0.25, 0.3) is 0 Å². The Hall–Kier alpha value is -1.35. The van der Waals surface area contributed by atoms with Gasteiger partial charge in [-0.15, -0.1) is 10.2 Å². The molecule has 1 aliphatic rings. The van der Waals surface area contributed by atoms with Crippen molar-refractivity contribution in [2.75, 3.05) is 0 Å². The lowest BCUT2D eigenvalue weighted by molar-refractivity contribution is 0.746. The van der Waals surface area contributed by atoms with Gasteiger partial charge >= 0.3 is 0 Å². The molecule has 0 unspecified atom stereocenters. The van der Waals surface area contributed by atoms with Crippen LogP contribution in [0, 0.1) is 6.92 Å². The van der Waals surface area contributed by atoms with E-state index in [4.69, 9.17) is 11.6 Å². The van der Waals surface area contributed by atoms with Crippen molar-refractivity contribution in [3.63, 3.8) is 0 Å². The molecule has 0 radical (unpaired) electrons. The van der Waals surface area contributed by atoms with Crippen LogP contribution in [0.2, 0.25) is 5.02 Å². The molecule has 1 saturated carbocycles. The first-order valence-corrected chi connectivity index (χ1v) is 5.80. The number of hydrogen-bond acceptors (Lipinski definition) is 2. The topological polar surface area (TPSA) is 30.7 Å². The summed E-state index contributed by atoms with van der Waals surface area (Å²) in [5.41, 5.74) is 2.05. The van der Waals surface area contributed by atoms with Gasteiger partial charge in [-0.05, 0) is 31.4 Å². The zero-order chi connectivity index (χ0) is 11.1. The minimum absolute atomic E-state index is 0.571. The number of benzene rings is 1. The first-order chi connectivity index (χ1) is 7.77. The van der Waals surface area contributed by atoms with E-state index in [0.29, 0.717) is 6.04 Å². The predicted molar refractivity (Wildman–Crippen MR) is 63.5 cm³/mol. The zero-order valence-corrected chi connectivity index (χ0v) is 9.78. The van der Waals surface area contributed by atoms with E-state index in [1.165, 1.54) is 12.8 Å². The Labute approximate surface area is 99.1 Å². The van der Waals surface area contributed by atoms with E-state index < -0.39 is 0 Å². The van der Waals surface area contributed by atoms with Crippen molar-refractivity contribution >= 4 is 11.6 Å². The van der Waals surface area contributed by atoms with Gasteiger partial charge in [-0.2, -0.15) is 0 Å². The monoisotopic (exact) mass is 233 g/mol. The lowest BCUT2D eigenvalue weighted by Crippen LogP contribution is -1.96. The summed E-state index contributed by atoms with van der Waals surface area (Å²) in [6.07, 6.45) is 4.23. The van der Waals surface area contributed by atoms with Crippen LogP contribution in [0.1, 0.15) is 24.4 Å². The zero-order valence-electron chi connectivity index (χ0n) is 9.02. The van der Waals surface area contributed by atoms with Gasteiger partial charge in [0.2, 0.25) is 0 Å². The van der Waals surface area contributed by atoms with Gasteiger partial charge in [0.1, 0.15) is 6.33 Å². The van der Waals surface area contributed by atoms with Crippen molar-refractivity contribution in [1.29, 1.82) is 0 Å². The van der Waals surface area contributed by atoms with E-state index in [-0.39, 0.29) is 0 Å². The Morgan fingerprint density at radius 3 is 2.94 bits per heavy atom. The van der Waals surface area contributed by atoms with Gasteiger partial charge in [0, 0.05) is 11.6 Å². The first kappa shape index (κ1) is 9.85. The van der Waals surface area contributed by atoms with Crippen LogP contribution in [-0.2, 0) is 0 Å². The summed E-state index contributed by atoms with van der Waals surface area (Å²) in [7, 11) is 0. The Kier molecular flexibility index (Phi) is 2.21. The summed E-state index contributed by atoms with van der Waals surface area (Å²) < 4.78 is 2.13. The lowest BCUT2D eigenvalue weighted by Gasteiger charge is -2.07. The van der Waals surface area contributed by atoms with Crippen LogP contribution in [0.4, 0.5) is 0 Å². The maximum Gasteiger partial charge on any atom is 0.165 e. The highest BCUT2D eigenvalue weighted by Crippen LogP contribution is 2.39. The van der Waals surface area contributed by atoms with Gasteiger partial charge in [-0.1, -0.05) is 23.7 Å². The van der Waals surface area contributed by atoms with Crippen molar-refractivity contribution in [2.24, 2.45) is 0 Å². The number of aromatic nitrogens is 3. The molecule has 3 nitrogen and oxygen atoms in total. The molecule has 0 bridgehead atoms. The average Bonchev–Trinajstić information content (AvgIpc) is 3.01. The quantitative estimate of drug-likeness (QED) is 0.797. The molecule has 1 aromatic carbocycles. The second kappa shape index (κ2) is 3.59. The molecule has 0 amide bonds. The fraction of sp³-hybridized carbons (Fsp3) is 0.333. The normalized spacial score (nSPS) is 15.4. The fourth-order valence-corrected chi connectivity index (χ4v) is 2.09. The number of aryl methyl sites for hydroxylation is 1. The Morgan fingerprint density at radius 2 is 2.19 bits per heavy atom. The minimum Gasteiger partial charge on any atom is -0.310 e. The summed E-state index contributed by atoms with van der Waals surface area (Å²) in [5.74, 6) is 0.885. The molecule has 2 aromatic rings. The summed E-state index contributed by atoms with van der Waals surface area (Å²) in [6, 6.07) is 6.58. The molecule has 0 N–H and O–H groups in total. The smallest absolute Gasteiger partial charge is 0.165 e.